The molecule has 0 spiro atoms. The van der Waals surface area contributed by atoms with Crippen molar-refractivity contribution in [2.45, 2.75) is 13.5 Å². The maximum absolute atomic E-state index is 6.02. The van der Waals surface area contributed by atoms with E-state index in [0.29, 0.717) is 33.9 Å². The standard InChI is InChI=1S/C12H10Cl2N4O/c1-6-4-16-11(19-6)5-18-10-3-8(14)7(13)2-9(10)17-12(18)15/h2-4H,5H2,1H3,(H2,15,17). The second kappa shape index (κ2) is 4.43. The fourth-order valence-corrected chi connectivity index (χ4v) is 2.23. The zero-order valence-electron chi connectivity index (χ0n) is 10.0. The van der Waals surface area contributed by atoms with Gasteiger partial charge < -0.3 is 14.7 Å². The van der Waals surface area contributed by atoms with Gasteiger partial charge >= 0.3 is 0 Å². The molecule has 0 aliphatic heterocycles. The van der Waals surface area contributed by atoms with E-state index in [1.165, 1.54) is 0 Å². The quantitative estimate of drug-likeness (QED) is 0.788. The summed E-state index contributed by atoms with van der Waals surface area (Å²) in [5, 5.41) is 0.907. The largest absolute Gasteiger partial charge is 0.444 e. The van der Waals surface area contributed by atoms with Crippen LogP contribution in [0.4, 0.5) is 5.95 Å². The molecule has 2 aromatic heterocycles. The normalized spacial score (nSPS) is 11.3. The van der Waals surface area contributed by atoms with Crippen molar-refractivity contribution in [1.29, 1.82) is 0 Å². The summed E-state index contributed by atoms with van der Waals surface area (Å²) in [6, 6.07) is 3.42. The maximum Gasteiger partial charge on any atom is 0.214 e. The zero-order chi connectivity index (χ0) is 13.6. The first-order chi connectivity index (χ1) is 9.04. The number of nitrogens with zero attached hydrogens (tertiary/aromatic N) is 3. The van der Waals surface area contributed by atoms with E-state index in [9.17, 15) is 0 Å². The van der Waals surface area contributed by atoms with Crippen molar-refractivity contribution in [2.24, 2.45) is 0 Å². The van der Waals surface area contributed by atoms with Crippen molar-refractivity contribution < 1.29 is 4.42 Å². The molecule has 5 nitrogen and oxygen atoms in total. The van der Waals surface area contributed by atoms with Crippen LogP contribution in [0.1, 0.15) is 11.7 Å². The van der Waals surface area contributed by atoms with Gasteiger partial charge in [-0.05, 0) is 19.1 Å². The lowest BCUT2D eigenvalue weighted by Crippen LogP contribution is -2.04. The van der Waals surface area contributed by atoms with Gasteiger partial charge in [-0.25, -0.2) is 9.97 Å². The minimum absolute atomic E-state index is 0.365. The first kappa shape index (κ1) is 12.3. The van der Waals surface area contributed by atoms with Gasteiger partial charge in [0.05, 0.1) is 27.3 Å². The number of nitrogen functional groups attached to an aromatic ring is 1. The first-order valence-corrected chi connectivity index (χ1v) is 6.32. The van der Waals surface area contributed by atoms with Crippen LogP contribution >= 0.6 is 23.2 Å². The van der Waals surface area contributed by atoms with Crippen LogP contribution in [-0.4, -0.2) is 14.5 Å². The van der Waals surface area contributed by atoms with Crippen molar-refractivity contribution >= 4 is 40.2 Å². The Hall–Kier alpha value is -1.72. The molecule has 0 amide bonds. The molecule has 3 rings (SSSR count). The molecule has 0 fully saturated rings. The number of imidazole rings is 1. The number of anilines is 1. The molecule has 0 aliphatic rings. The number of aryl methyl sites for hydroxylation is 1. The van der Waals surface area contributed by atoms with Gasteiger partial charge in [-0.1, -0.05) is 23.2 Å². The first-order valence-electron chi connectivity index (χ1n) is 5.56. The van der Waals surface area contributed by atoms with Crippen molar-refractivity contribution in [3.63, 3.8) is 0 Å². The highest BCUT2D eigenvalue weighted by Gasteiger charge is 2.13. The summed E-state index contributed by atoms with van der Waals surface area (Å²) < 4.78 is 7.22. The predicted molar refractivity (Wildman–Crippen MR) is 74.5 cm³/mol. The molecule has 19 heavy (non-hydrogen) atoms. The second-order valence-electron chi connectivity index (χ2n) is 4.18. The average molecular weight is 297 g/mol. The number of nitrogens with two attached hydrogens (primary N) is 1. The molecule has 0 saturated heterocycles. The van der Waals surface area contributed by atoms with Crippen LogP contribution < -0.4 is 5.73 Å². The minimum atomic E-state index is 0.365. The Morgan fingerprint density at radius 3 is 2.74 bits per heavy atom. The van der Waals surface area contributed by atoms with Gasteiger partial charge in [0.25, 0.3) is 0 Å². The van der Waals surface area contributed by atoms with E-state index in [4.69, 9.17) is 33.4 Å². The van der Waals surface area contributed by atoms with Gasteiger partial charge in [0.2, 0.25) is 11.8 Å². The third-order valence-corrected chi connectivity index (χ3v) is 3.50. The zero-order valence-corrected chi connectivity index (χ0v) is 11.5. The van der Waals surface area contributed by atoms with E-state index in [0.717, 1.165) is 11.3 Å². The topological polar surface area (TPSA) is 69.9 Å². The summed E-state index contributed by atoms with van der Waals surface area (Å²) in [5.41, 5.74) is 7.39. The van der Waals surface area contributed by atoms with Crippen LogP contribution in [0.3, 0.4) is 0 Å². The van der Waals surface area contributed by atoms with E-state index in [-0.39, 0.29) is 0 Å². The minimum Gasteiger partial charge on any atom is -0.444 e. The van der Waals surface area contributed by atoms with E-state index < -0.39 is 0 Å². The van der Waals surface area contributed by atoms with Gasteiger partial charge in [-0.15, -0.1) is 0 Å². The summed E-state index contributed by atoms with van der Waals surface area (Å²) >= 11 is 12.0. The van der Waals surface area contributed by atoms with Crippen molar-refractivity contribution in [2.75, 3.05) is 5.73 Å². The third-order valence-electron chi connectivity index (χ3n) is 2.78. The molecule has 7 heteroatoms. The molecule has 0 atom stereocenters. The van der Waals surface area contributed by atoms with Gasteiger partial charge in [0, 0.05) is 0 Å². The summed E-state index contributed by atoms with van der Waals surface area (Å²) in [4.78, 5) is 8.39. The number of benzene rings is 1. The number of oxazole rings is 1. The SMILES string of the molecule is Cc1cnc(Cn2c(N)nc3cc(Cl)c(Cl)cc32)o1. The smallest absolute Gasteiger partial charge is 0.214 e. The monoisotopic (exact) mass is 296 g/mol. The fourth-order valence-electron chi connectivity index (χ4n) is 1.91. The molecule has 0 radical (unpaired) electrons. The summed E-state index contributed by atoms with van der Waals surface area (Å²) in [6.07, 6.45) is 1.66. The highest BCUT2D eigenvalue weighted by molar-refractivity contribution is 6.42. The van der Waals surface area contributed by atoms with Crippen LogP contribution in [0, 0.1) is 6.92 Å². The molecule has 0 saturated carbocycles. The Bertz CT molecular complexity index is 763. The predicted octanol–water partition coefficient (Wildman–Crippen LogP) is 3.27. The average Bonchev–Trinajstić information content (AvgIpc) is 2.87. The number of fused-ring (bicyclic) bond motifs is 1. The Morgan fingerprint density at radius 1 is 1.32 bits per heavy atom. The Kier molecular flexibility index (Phi) is 2.88. The van der Waals surface area contributed by atoms with Gasteiger partial charge in [-0.2, -0.15) is 0 Å². The highest BCUT2D eigenvalue weighted by atomic mass is 35.5. The molecule has 2 heterocycles. The second-order valence-corrected chi connectivity index (χ2v) is 4.99. The molecule has 98 valence electrons. The molecule has 0 unspecified atom stereocenters. The van der Waals surface area contributed by atoms with Crippen LogP contribution in [-0.2, 0) is 6.54 Å². The summed E-state index contributed by atoms with van der Waals surface area (Å²) in [6.45, 7) is 2.23. The third kappa shape index (κ3) is 2.15. The maximum atomic E-state index is 6.02. The Morgan fingerprint density at radius 2 is 2.05 bits per heavy atom. The van der Waals surface area contributed by atoms with E-state index >= 15 is 0 Å². The highest BCUT2D eigenvalue weighted by Crippen LogP contribution is 2.29. The van der Waals surface area contributed by atoms with Crippen LogP contribution in [0.15, 0.2) is 22.7 Å². The number of rotatable bonds is 2. The lowest BCUT2D eigenvalue weighted by molar-refractivity contribution is 0.461. The number of aromatic nitrogens is 3. The number of halogens is 2. The van der Waals surface area contributed by atoms with Crippen LogP contribution in [0.5, 0.6) is 0 Å². The van der Waals surface area contributed by atoms with Crippen molar-refractivity contribution in [1.82, 2.24) is 14.5 Å². The number of hydrogen-bond acceptors (Lipinski definition) is 4. The summed E-state index contributed by atoms with van der Waals surface area (Å²) in [5.74, 6) is 1.68. The summed E-state index contributed by atoms with van der Waals surface area (Å²) in [7, 11) is 0. The Balaban J connectivity index is 2.12. The van der Waals surface area contributed by atoms with Crippen molar-refractivity contribution in [3.8, 4) is 0 Å². The molecule has 0 bridgehead atoms. The van der Waals surface area contributed by atoms with E-state index in [2.05, 4.69) is 9.97 Å². The van der Waals surface area contributed by atoms with Crippen molar-refractivity contribution in [3.05, 3.63) is 40.0 Å². The molecule has 2 N–H and O–H groups in total. The molecule has 1 aromatic carbocycles. The number of hydrogen-bond donors (Lipinski definition) is 1. The molecule has 3 aromatic rings. The lowest BCUT2D eigenvalue weighted by Gasteiger charge is -2.03. The van der Waals surface area contributed by atoms with Gasteiger partial charge in [0.1, 0.15) is 12.3 Å². The lowest BCUT2D eigenvalue weighted by atomic mass is 10.3. The molecule has 0 aliphatic carbocycles. The fraction of sp³-hybridized carbons (Fsp3) is 0.167. The van der Waals surface area contributed by atoms with Crippen LogP contribution in [0.2, 0.25) is 10.0 Å². The molecular weight excluding hydrogens is 287 g/mol. The van der Waals surface area contributed by atoms with E-state index in [1.807, 2.05) is 6.92 Å². The molecular formula is C12H10Cl2N4O. The van der Waals surface area contributed by atoms with Crippen LogP contribution in [0.25, 0.3) is 11.0 Å². The van der Waals surface area contributed by atoms with Gasteiger partial charge in [0.15, 0.2) is 0 Å². The van der Waals surface area contributed by atoms with Gasteiger partial charge in [-0.3, -0.25) is 0 Å². The van der Waals surface area contributed by atoms with E-state index in [1.54, 1.807) is 22.9 Å². The Labute approximate surface area is 118 Å².